The van der Waals surface area contributed by atoms with Crippen LogP contribution >= 0.6 is 11.3 Å². The molecule has 0 radical (unpaired) electrons. The van der Waals surface area contributed by atoms with E-state index in [4.69, 9.17) is 11.0 Å². The van der Waals surface area contributed by atoms with Crippen molar-refractivity contribution in [2.75, 3.05) is 11.1 Å². The molecule has 86 valence electrons. The molecule has 2 heterocycles. The minimum atomic E-state index is 0.246. The highest BCUT2D eigenvalue weighted by atomic mass is 32.1. The largest absolute Gasteiger partial charge is 0.396 e. The molecule has 17 heavy (non-hydrogen) atoms. The molecule has 0 saturated carbocycles. The van der Waals surface area contributed by atoms with E-state index in [9.17, 15) is 0 Å². The van der Waals surface area contributed by atoms with Crippen LogP contribution < -0.4 is 11.1 Å². The first kappa shape index (κ1) is 11.4. The molecule has 2 aromatic rings. The van der Waals surface area contributed by atoms with Gasteiger partial charge in [-0.25, -0.2) is 9.97 Å². The van der Waals surface area contributed by atoms with Crippen LogP contribution in [-0.2, 0) is 6.54 Å². The van der Waals surface area contributed by atoms with Gasteiger partial charge in [0.1, 0.15) is 11.9 Å². The lowest BCUT2D eigenvalue weighted by atomic mass is 10.3. The number of rotatable bonds is 3. The number of thiazole rings is 1. The second kappa shape index (κ2) is 4.80. The van der Waals surface area contributed by atoms with Crippen LogP contribution in [0.2, 0.25) is 0 Å². The molecular weight excluding hydrogens is 234 g/mol. The normalized spacial score (nSPS) is 9.88. The third-order valence-corrected chi connectivity index (χ3v) is 3.24. The molecule has 0 fully saturated rings. The maximum atomic E-state index is 8.81. The summed E-state index contributed by atoms with van der Waals surface area (Å²) >= 11 is 1.59. The fourth-order valence-electron chi connectivity index (χ4n) is 1.32. The molecule has 0 aliphatic heterocycles. The van der Waals surface area contributed by atoms with Gasteiger partial charge >= 0.3 is 0 Å². The molecule has 5 nitrogen and oxygen atoms in total. The van der Waals surface area contributed by atoms with Crippen molar-refractivity contribution < 1.29 is 0 Å². The highest BCUT2D eigenvalue weighted by molar-refractivity contribution is 7.09. The molecule has 0 unspecified atom stereocenters. The van der Waals surface area contributed by atoms with Gasteiger partial charge in [0.05, 0.1) is 23.4 Å². The summed E-state index contributed by atoms with van der Waals surface area (Å²) in [5.41, 5.74) is 9.06. The summed E-state index contributed by atoms with van der Waals surface area (Å²) in [7, 11) is 0. The van der Waals surface area contributed by atoms with Crippen molar-refractivity contribution in [1.82, 2.24) is 9.97 Å². The average Bonchev–Trinajstić information content (AvgIpc) is 2.74. The third kappa shape index (κ3) is 2.52. The molecule has 3 N–H and O–H groups in total. The summed E-state index contributed by atoms with van der Waals surface area (Å²) in [6.45, 7) is 2.61. The number of nitrogens with one attached hydrogen (secondary N) is 1. The van der Waals surface area contributed by atoms with Gasteiger partial charge in [-0.15, -0.1) is 11.3 Å². The van der Waals surface area contributed by atoms with Gasteiger partial charge in [0, 0.05) is 4.88 Å². The van der Waals surface area contributed by atoms with Crippen LogP contribution in [0.3, 0.4) is 0 Å². The topological polar surface area (TPSA) is 87.6 Å². The zero-order valence-electron chi connectivity index (χ0n) is 9.27. The fraction of sp³-hybridized carbons (Fsp3) is 0.182. The lowest BCUT2D eigenvalue weighted by Crippen LogP contribution is -2.03. The Morgan fingerprint density at radius 2 is 2.35 bits per heavy atom. The fourth-order valence-corrected chi connectivity index (χ4v) is 2.04. The van der Waals surface area contributed by atoms with E-state index in [1.807, 2.05) is 18.5 Å². The van der Waals surface area contributed by atoms with Gasteiger partial charge in [-0.05, 0) is 19.1 Å². The van der Waals surface area contributed by atoms with Crippen molar-refractivity contribution >= 4 is 22.8 Å². The van der Waals surface area contributed by atoms with Gasteiger partial charge in [-0.1, -0.05) is 0 Å². The maximum absolute atomic E-state index is 8.81. The van der Waals surface area contributed by atoms with E-state index < -0.39 is 0 Å². The van der Waals surface area contributed by atoms with Gasteiger partial charge in [-0.2, -0.15) is 5.26 Å². The van der Waals surface area contributed by atoms with Crippen molar-refractivity contribution in [3.63, 3.8) is 0 Å². The molecule has 0 spiro atoms. The van der Waals surface area contributed by atoms with E-state index in [0.717, 1.165) is 10.6 Å². The minimum Gasteiger partial charge on any atom is -0.396 e. The molecule has 0 amide bonds. The monoisotopic (exact) mass is 245 g/mol. The Labute approximate surface area is 103 Å². The predicted molar refractivity (Wildman–Crippen MR) is 67.5 cm³/mol. The zero-order valence-corrected chi connectivity index (χ0v) is 10.1. The molecule has 0 saturated heterocycles. The Morgan fingerprint density at radius 1 is 1.53 bits per heavy atom. The SMILES string of the molecule is Cc1ncsc1CNc1ccc(N)c(C#N)n1. The van der Waals surface area contributed by atoms with Crippen LogP contribution in [0, 0.1) is 18.3 Å². The van der Waals surface area contributed by atoms with Crippen LogP contribution in [0.4, 0.5) is 11.5 Å². The number of aryl methyl sites for hydroxylation is 1. The summed E-state index contributed by atoms with van der Waals surface area (Å²) in [6.07, 6.45) is 0. The van der Waals surface area contributed by atoms with Gasteiger partial charge in [0.25, 0.3) is 0 Å². The first-order valence-electron chi connectivity index (χ1n) is 5.00. The standard InChI is InChI=1S/C11H11N5S/c1-7-10(17-6-15-7)5-14-11-3-2-8(13)9(4-12)16-11/h2-3,6H,5,13H2,1H3,(H,14,16). The first-order valence-corrected chi connectivity index (χ1v) is 5.88. The number of aromatic nitrogens is 2. The highest BCUT2D eigenvalue weighted by Crippen LogP contribution is 2.16. The molecule has 6 heteroatoms. The lowest BCUT2D eigenvalue weighted by molar-refractivity contribution is 1.09. The molecule has 0 aromatic carbocycles. The van der Waals surface area contributed by atoms with Gasteiger partial charge in [-0.3, -0.25) is 0 Å². The lowest BCUT2D eigenvalue weighted by Gasteiger charge is -2.05. The van der Waals surface area contributed by atoms with Crippen molar-refractivity contribution in [3.8, 4) is 6.07 Å². The van der Waals surface area contributed by atoms with Crippen LogP contribution in [0.1, 0.15) is 16.3 Å². The van der Waals surface area contributed by atoms with Crippen LogP contribution in [0.25, 0.3) is 0 Å². The summed E-state index contributed by atoms with van der Waals surface area (Å²) in [5.74, 6) is 0.642. The van der Waals surface area contributed by atoms with Crippen molar-refractivity contribution in [3.05, 3.63) is 33.9 Å². The second-order valence-electron chi connectivity index (χ2n) is 3.46. The number of hydrogen-bond acceptors (Lipinski definition) is 6. The van der Waals surface area contributed by atoms with Gasteiger partial charge in [0.15, 0.2) is 5.69 Å². The zero-order chi connectivity index (χ0) is 12.3. The average molecular weight is 245 g/mol. The smallest absolute Gasteiger partial charge is 0.165 e. The summed E-state index contributed by atoms with van der Waals surface area (Å²) in [6, 6.07) is 5.38. The Bertz CT molecular complexity index is 569. The molecule has 2 aromatic heterocycles. The van der Waals surface area contributed by atoms with E-state index in [0.29, 0.717) is 18.1 Å². The van der Waals surface area contributed by atoms with Gasteiger partial charge in [0.2, 0.25) is 0 Å². The number of pyridine rings is 1. The number of anilines is 2. The quantitative estimate of drug-likeness (QED) is 0.862. The van der Waals surface area contributed by atoms with E-state index in [-0.39, 0.29) is 5.69 Å². The molecule has 0 atom stereocenters. The Kier molecular flexibility index (Phi) is 3.21. The van der Waals surface area contributed by atoms with E-state index in [2.05, 4.69) is 15.3 Å². The number of nitrogens with two attached hydrogens (primary N) is 1. The molecular formula is C11H11N5S. The molecule has 2 rings (SSSR count). The number of nitrogen functional groups attached to an aromatic ring is 1. The van der Waals surface area contributed by atoms with Crippen molar-refractivity contribution in [2.24, 2.45) is 0 Å². The van der Waals surface area contributed by atoms with Crippen LogP contribution in [0.5, 0.6) is 0 Å². The first-order chi connectivity index (χ1) is 8.20. The Hall–Kier alpha value is -2.13. The van der Waals surface area contributed by atoms with Gasteiger partial charge < -0.3 is 11.1 Å². The molecule has 0 aliphatic carbocycles. The van der Waals surface area contributed by atoms with Crippen LogP contribution in [0.15, 0.2) is 17.6 Å². The summed E-state index contributed by atoms with van der Waals surface area (Å²) in [5, 5.41) is 12.0. The van der Waals surface area contributed by atoms with E-state index >= 15 is 0 Å². The number of nitriles is 1. The second-order valence-corrected chi connectivity index (χ2v) is 4.40. The summed E-state index contributed by atoms with van der Waals surface area (Å²) in [4.78, 5) is 9.42. The third-order valence-electron chi connectivity index (χ3n) is 2.31. The predicted octanol–water partition coefficient (Wildman–Crippen LogP) is 1.91. The van der Waals surface area contributed by atoms with Crippen molar-refractivity contribution in [2.45, 2.75) is 13.5 Å². The van der Waals surface area contributed by atoms with Crippen molar-refractivity contribution in [1.29, 1.82) is 5.26 Å². The highest BCUT2D eigenvalue weighted by Gasteiger charge is 2.04. The van der Waals surface area contributed by atoms with Crippen LogP contribution in [-0.4, -0.2) is 9.97 Å². The van der Waals surface area contributed by atoms with E-state index in [1.54, 1.807) is 23.5 Å². The molecule has 0 aliphatic rings. The molecule has 0 bridgehead atoms. The van der Waals surface area contributed by atoms with E-state index in [1.165, 1.54) is 0 Å². The Balaban J connectivity index is 2.10. The summed E-state index contributed by atoms with van der Waals surface area (Å²) < 4.78 is 0. The maximum Gasteiger partial charge on any atom is 0.165 e. The minimum absolute atomic E-state index is 0.246. The number of hydrogen-bond donors (Lipinski definition) is 2. The number of nitrogens with zero attached hydrogens (tertiary/aromatic N) is 3. The Morgan fingerprint density at radius 3 is 3.00 bits per heavy atom.